The van der Waals surface area contributed by atoms with E-state index in [1.807, 2.05) is 36.5 Å². The molecule has 2 aromatic heterocycles. The minimum Gasteiger partial charge on any atom is -0.497 e. The standard InChI is InChI=1S/C15H14N2O2/c1-18-11-7-10(8-12(9-11)19-2)13-3-5-16-15-14(13)4-6-17-15/h3-9H,1-2H3,(H,16,17). The normalized spacial score (nSPS) is 10.6. The third-order valence-electron chi connectivity index (χ3n) is 3.12. The quantitative estimate of drug-likeness (QED) is 0.780. The van der Waals surface area contributed by atoms with Crippen molar-refractivity contribution in [1.82, 2.24) is 9.97 Å². The summed E-state index contributed by atoms with van der Waals surface area (Å²) in [6, 6.07) is 9.85. The molecule has 3 aromatic rings. The number of rotatable bonds is 3. The van der Waals surface area contributed by atoms with Crippen molar-refractivity contribution >= 4 is 11.0 Å². The van der Waals surface area contributed by atoms with Crippen LogP contribution in [-0.2, 0) is 0 Å². The molecule has 96 valence electrons. The van der Waals surface area contributed by atoms with Gasteiger partial charge in [-0.15, -0.1) is 0 Å². The van der Waals surface area contributed by atoms with E-state index in [1.54, 1.807) is 20.4 Å². The molecule has 4 heteroatoms. The number of H-pyrrole nitrogens is 1. The molecule has 1 aromatic carbocycles. The van der Waals surface area contributed by atoms with Gasteiger partial charge in [-0.3, -0.25) is 0 Å². The Bertz CT molecular complexity index is 697. The lowest BCUT2D eigenvalue weighted by Gasteiger charge is -2.09. The van der Waals surface area contributed by atoms with Crippen LogP contribution in [0.5, 0.6) is 11.5 Å². The van der Waals surface area contributed by atoms with Crippen molar-refractivity contribution in [2.75, 3.05) is 14.2 Å². The van der Waals surface area contributed by atoms with E-state index >= 15 is 0 Å². The number of hydrogen-bond donors (Lipinski definition) is 1. The Labute approximate surface area is 111 Å². The fourth-order valence-corrected chi connectivity index (χ4v) is 2.18. The molecule has 2 heterocycles. The number of benzene rings is 1. The minimum atomic E-state index is 0.773. The number of ether oxygens (including phenoxy) is 2. The van der Waals surface area contributed by atoms with Gasteiger partial charge in [0.05, 0.1) is 14.2 Å². The summed E-state index contributed by atoms with van der Waals surface area (Å²) < 4.78 is 10.6. The zero-order valence-electron chi connectivity index (χ0n) is 10.8. The van der Waals surface area contributed by atoms with Crippen LogP contribution in [0, 0.1) is 0 Å². The molecule has 0 bridgehead atoms. The van der Waals surface area contributed by atoms with Crippen LogP contribution in [-0.4, -0.2) is 24.2 Å². The predicted octanol–water partition coefficient (Wildman–Crippen LogP) is 3.25. The van der Waals surface area contributed by atoms with Gasteiger partial charge in [-0.1, -0.05) is 0 Å². The Morgan fingerprint density at radius 3 is 2.42 bits per heavy atom. The Balaban J connectivity index is 2.23. The molecule has 0 unspecified atom stereocenters. The summed E-state index contributed by atoms with van der Waals surface area (Å²) in [6.45, 7) is 0. The predicted molar refractivity (Wildman–Crippen MR) is 74.6 cm³/mol. The highest BCUT2D eigenvalue weighted by Crippen LogP contribution is 2.33. The van der Waals surface area contributed by atoms with Crippen molar-refractivity contribution in [3.05, 3.63) is 42.7 Å². The van der Waals surface area contributed by atoms with E-state index in [4.69, 9.17) is 9.47 Å². The van der Waals surface area contributed by atoms with Crippen LogP contribution in [0.15, 0.2) is 42.7 Å². The van der Waals surface area contributed by atoms with E-state index in [2.05, 4.69) is 9.97 Å². The first-order chi connectivity index (χ1) is 9.31. The van der Waals surface area contributed by atoms with Crippen molar-refractivity contribution < 1.29 is 9.47 Å². The number of aromatic nitrogens is 2. The highest BCUT2D eigenvalue weighted by atomic mass is 16.5. The van der Waals surface area contributed by atoms with E-state index in [9.17, 15) is 0 Å². The molecule has 0 saturated heterocycles. The SMILES string of the molecule is COc1cc(OC)cc(-c2ccnc3[nH]ccc23)c1. The van der Waals surface area contributed by atoms with Crippen molar-refractivity contribution in [2.45, 2.75) is 0 Å². The Morgan fingerprint density at radius 1 is 1.00 bits per heavy atom. The summed E-state index contributed by atoms with van der Waals surface area (Å²) in [7, 11) is 3.30. The molecule has 0 saturated carbocycles. The number of nitrogens with one attached hydrogen (secondary N) is 1. The number of methoxy groups -OCH3 is 2. The van der Waals surface area contributed by atoms with E-state index < -0.39 is 0 Å². The van der Waals surface area contributed by atoms with Gasteiger partial charge in [-0.05, 0) is 35.4 Å². The first-order valence-corrected chi connectivity index (χ1v) is 5.97. The second kappa shape index (κ2) is 4.65. The third kappa shape index (κ3) is 2.01. The molecule has 0 aliphatic carbocycles. The highest BCUT2D eigenvalue weighted by molar-refractivity contribution is 5.93. The van der Waals surface area contributed by atoms with Gasteiger partial charge in [0.25, 0.3) is 0 Å². The molecular weight excluding hydrogens is 240 g/mol. The maximum absolute atomic E-state index is 5.31. The second-order valence-electron chi connectivity index (χ2n) is 4.20. The number of aromatic amines is 1. The summed E-state index contributed by atoms with van der Waals surface area (Å²) >= 11 is 0. The summed E-state index contributed by atoms with van der Waals surface area (Å²) in [6.07, 6.45) is 3.68. The number of nitrogens with zero attached hydrogens (tertiary/aromatic N) is 1. The third-order valence-corrected chi connectivity index (χ3v) is 3.12. The molecule has 0 atom stereocenters. The average molecular weight is 254 g/mol. The topological polar surface area (TPSA) is 47.1 Å². The molecule has 0 aliphatic heterocycles. The summed E-state index contributed by atoms with van der Waals surface area (Å²) in [5, 5.41) is 1.08. The lowest BCUT2D eigenvalue weighted by atomic mass is 10.0. The van der Waals surface area contributed by atoms with Crippen LogP contribution in [0.4, 0.5) is 0 Å². The maximum atomic E-state index is 5.31. The van der Waals surface area contributed by atoms with E-state index in [-0.39, 0.29) is 0 Å². The van der Waals surface area contributed by atoms with Crippen LogP contribution in [0.25, 0.3) is 22.2 Å². The van der Waals surface area contributed by atoms with Gasteiger partial charge < -0.3 is 14.5 Å². The maximum Gasteiger partial charge on any atom is 0.137 e. The molecule has 0 radical (unpaired) electrons. The van der Waals surface area contributed by atoms with Crippen molar-refractivity contribution in [2.24, 2.45) is 0 Å². The van der Waals surface area contributed by atoms with Gasteiger partial charge in [0.1, 0.15) is 17.1 Å². The average Bonchev–Trinajstić information content (AvgIpc) is 2.94. The Kier molecular flexibility index (Phi) is 2.83. The zero-order valence-corrected chi connectivity index (χ0v) is 10.8. The van der Waals surface area contributed by atoms with E-state index in [1.165, 1.54) is 0 Å². The van der Waals surface area contributed by atoms with Crippen LogP contribution in [0.2, 0.25) is 0 Å². The fourth-order valence-electron chi connectivity index (χ4n) is 2.18. The van der Waals surface area contributed by atoms with Crippen molar-refractivity contribution in [3.63, 3.8) is 0 Å². The summed E-state index contributed by atoms with van der Waals surface area (Å²) in [5.41, 5.74) is 3.02. The molecule has 0 fully saturated rings. The summed E-state index contributed by atoms with van der Waals surface area (Å²) in [4.78, 5) is 7.41. The zero-order chi connectivity index (χ0) is 13.2. The van der Waals surface area contributed by atoms with Gasteiger partial charge in [-0.25, -0.2) is 4.98 Å². The van der Waals surface area contributed by atoms with Gasteiger partial charge in [0.2, 0.25) is 0 Å². The largest absolute Gasteiger partial charge is 0.497 e. The highest BCUT2D eigenvalue weighted by Gasteiger charge is 2.08. The monoisotopic (exact) mass is 254 g/mol. The van der Waals surface area contributed by atoms with Gasteiger partial charge >= 0.3 is 0 Å². The smallest absolute Gasteiger partial charge is 0.137 e. The number of hydrogen-bond acceptors (Lipinski definition) is 3. The second-order valence-corrected chi connectivity index (χ2v) is 4.20. The minimum absolute atomic E-state index is 0.773. The molecule has 1 N–H and O–H groups in total. The molecule has 0 amide bonds. The van der Waals surface area contributed by atoms with Crippen LogP contribution in [0.1, 0.15) is 0 Å². The lowest BCUT2D eigenvalue weighted by molar-refractivity contribution is 0.394. The molecule has 0 spiro atoms. The first-order valence-electron chi connectivity index (χ1n) is 5.97. The fraction of sp³-hybridized carbons (Fsp3) is 0.133. The van der Waals surface area contributed by atoms with Crippen LogP contribution >= 0.6 is 0 Å². The van der Waals surface area contributed by atoms with Gasteiger partial charge in [0, 0.05) is 23.8 Å². The Morgan fingerprint density at radius 2 is 1.74 bits per heavy atom. The molecule has 3 rings (SSSR count). The summed E-state index contributed by atoms with van der Waals surface area (Å²) in [5.74, 6) is 1.55. The van der Waals surface area contributed by atoms with Gasteiger partial charge in [-0.2, -0.15) is 0 Å². The molecule has 0 aliphatic rings. The van der Waals surface area contributed by atoms with Gasteiger partial charge in [0.15, 0.2) is 0 Å². The lowest BCUT2D eigenvalue weighted by Crippen LogP contribution is -1.89. The Hall–Kier alpha value is -2.49. The van der Waals surface area contributed by atoms with E-state index in [0.29, 0.717) is 0 Å². The van der Waals surface area contributed by atoms with Crippen LogP contribution in [0.3, 0.4) is 0 Å². The molecular formula is C15H14N2O2. The van der Waals surface area contributed by atoms with Crippen molar-refractivity contribution in [3.8, 4) is 22.6 Å². The van der Waals surface area contributed by atoms with Crippen LogP contribution < -0.4 is 9.47 Å². The number of pyridine rings is 1. The molecule has 19 heavy (non-hydrogen) atoms. The molecule has 4 nitrogen and oxygen atoms in total. The number of fused-ring (bicyclic) bond motifs is 1. The van der Waals surface area contributed by atoms with Crippen molar-refractivity contribution in [1.29, 1.82) is 0 Å². The first kappa shape index (κ1) is 11.6. The van der Waals surface area contributed by atoms with E-state index in [0.717, 1.165) is 33.7 Å².